The minimum atomic E-state index is 0.492. The van der Waals surface area contributed by atoms with E-state index in [-0.39, 0.29) is 0 Å². The van der Waals surface area contributed by atoms with Crippen molar-refractivity contribution in [1.82, 2.24) is 5.32 Å². The van der Waals surface area contributed by atoms with Gasteiger partial charge in [0.05, 0.1) is 0 Å². The SMILES string of the molecule is C=C/N=C\C(=C/NC)C(C)C. The Morgan fingerprint density at radius 2 is 2.18 bits per heavy atom. The van der Waals surface area contributed by atoms with Crippen molar-refractivity contribution in [2.75, 3.05) is 7.05 Å². The quantitative estimate of drug-likeness (QED) is 0.612. The van der Waals surface area contributed by atoms with Crippen LogP contribution in [-0.2, 0) is 0 Å². The van der Waals surface area contributed by atoms with Crippen LogP contribution in [0.1, 0.15) is 13.8 Å². The van der Waals surface area contributed by atoms with Crippen molar-refractivity contribution in [3.05, 3.63) is 24.6 Å². The summed E-state index contributed by atoms with van der Waals surface area (Å²) in [4.78, 5) is 3.94. The Hall–Kier alpha value is -1.05. The average Bonchev–Trinajstić information content (AvgIpc) is 1.97. The van der Waals surface area contributed by atoms with E-state index < -0.39 is 0 Å². The lowest BCUT2D eigenvalue weighted by Crippen LogP contribution is -2.02. The van der Waals surface area contributed by atoms with Crippen LogP contribution >= 0.6 is 0 Å². The molecule has 62 valence electrons. The molecule has 0 aliphatic heterocycles. The van der Waals surface area contributed by atoms with E-state index in [1.54, 1.807) is 0 Å². The Labute approximate surface area is 68.7 Å². The molecule has 0 aliphatic rings. The summed E-state index contributed by atoms with van der Waals surface area (Å²) in [6, 6.07) is 0. The molecule has 0 amide bonds. The van der Waals surface area contributed by atoms with Gasteiger partial charge in [-0.15, -0.1) is 0 Å². The third-order valence-corrected chi connectivity index (χ3v) is 1.31. The first-order valence-corrected chi connectivity index (χ1v) is 3.73. The van der Waals surface area contributed by atoms with Crippen molar-refractivity contribution >= 4 is 6.21 Å². The van der Waals surface area contributed by atoms with Gasteiger partial charge in [0.1, 0.15) is 0 Å². The van der Waals surface area contributed by atoms with Crippen molar-refractivity contribution in [2.24, 2.45) is 10.9 Å². The zero-order chi connectivity index (χ0) is 8.69. The fourth-order valence-electron chi connectivity index (χ4n) is 0.658. The molecule has 0 aromatic heterocycles. The van der Waals surface area contributed by atoms with E-state index in [0.29, 0.717) is 5.92 Å². The highest BCUT2D eigenvalue weighted by molar-refractivity contribution is 5.79. The maximum Gasteiger partial charge on any atom is 0.0316 e. The van der Waals surface area contributed by atoms with Crippen molar-refractivity contribution in [3.8, 4) is 0 Å². The molecule has 0 aromatic rings. The van der Waals surface area contributed by atoms with Gasteiger partial charge in [-0.05, 0) is 11.5 Å². The molecular weight excluding hydrogens is 136 g/mol. The van der Waals surface area contributed by atoms with Gasteiger partial charge in [-0.25, -0.2) is 0 Å². The van der Waals surface area contributed by atoms with Crippen LogP contribution < -0.4 is 5.32 Å². The van der Waals surface area contributed by atoms with E-state index in [2.05, 4.69) is 30.7 Å². The first kappa shape index (κ1) is 9.95. The van der Waals surface area contributed by atoms with Crippen LogP contribution in [-0.4, -0.2) is 13.3 Å². The van der Waals surface area contributed by atoms with Crippen LogP contribution in [0.5, 0.6) is 0 Å². The number of rotatable bonds is 4. The lowest BCUT2D eigenvalue weighted by atomic mass is 10.1. The zero-order valence-electron chi connectivity index (χ0n) is 7.46. The Kier molecular flexibility index (Phi) is 5.17. The number of allylic oxidation sites excluding steroid dienone is 1. The predicted molar refractivity (Wildman–Crippen MR) is 50.7 cm³/mol. The molecule has 0 aliphatic carbocycles. The summed E-state index contributed by atoms with van der Waals surface area (Å²) >= 11 is 0. The van der Waals surface area contributed by atoms with Crippen LogP contribution in [0.2, 0.25) is 0 Å². The van der Waals surface area contributed by atoms with Crippen LogP contribution in [0, 0.1) is 5.92 Å². The van der Waals surface area contributed by atoms with Crippen molar-refractivity contribution in [1.29, 1.82) is 0 Å². The predicted octanol–water partition coefficient (Wildman–Crippen LogP) is 1.96. The van der Waals surface area contributed by atoms with Gasteiger partial charge < -0.3 is 5.32 Å². The van der Waals surface area contributed by atoms with Crippen LogP contribution in [0.3, 0.4) is 0 Å². The number of aliphatic imine (C=N–C) groups is 1. The van der Waals surface area contributed by atoms with E-state index >= 15 is 0 Å². The molecule has 2 nitrogen and oxygen atoms in total. The van der Waals surface area contributed by atoms with Gasteiger partial charge in [0.25, 0.3) is 0 Å². The number of nitrogens with one attached hydrogen (secondary N) is 1. The van der Waals surface area contributed by atoms with Gasteiger partial charge in [-0.2, -0.15) is 0 Å². The van der Waals surface area contributed by atoms with Gasteiger partial charge in [-0.1, -0.05) is 20.4 Å². The fourth-order valence-corrected chi connectivity index (χ4v) is 0.658. The molecule has 0 spiro atoms. The maximum absolute atomic E-state index is 3.94. The first-order chi connectivity index (χ1) is 5.22. The van der Waals surface area contributed by atoms with E-state index in [1.807, 2.05) is 19.5 Å². The van der Waals surface area contributed by atoms with E-state index in [0.717, 1.165) is 0 Å². The Balaban J connectivity index is 4.22. The zero-order valence-corrected chi connectivity index (χ0v) is 7.46. The number of hydrogen-bond donors (Lipinski definition) is 1. The number of nitrogens with zero attached hydrogens (tertiary/aromatic N) is 1. The number of hydrogen-bond acceptors (Lipinski definition) is 2. The summed E-state index contributed by atoms with van der Waals surface area (Å²) < 4.78 is 0. The summed E-state index contributed by atoms with van der Waals surface area (Å²) in [6.45, 7) is 7.75. The van der Waals surface area contributed by atoms with E-state index in [1.165, 1.54) is 11.8 Å². The maximum atomic E-state index is 3.94. The van der Waals surface area contributed by atoms with Crippen LogP contribution in [0.25, 0.3) is 0 Å². The largest absolute Gasteiger partial charge is 0.394 e. The molecule has 2 heteroatoms. The summed E-state index contributed by atoms with van der Waals surface area (Å²) in [5, 5.41) is 2.97. The third kappa shape index (κ3) is 4.37. The molecule has 0 fully saturated rings. The Bertz CT molecular complexity index is 166. The molecule has 0 saturated heterocycles. The molecule has 0 atom stereocenters. The van der Waals surface area contributed by atoms with Gasteiger partial charge in [0, 0.05) is 25.7 Å². The lowest BCUT2D eigenvalue weighted by Gasteiger charge is -2.04. The second kappa shape index (κ2) is 5.71. The van der Waals surface area contributed by atoms with Crippen molar-refractivity contribution in [2.45, 2.75) is 13.8 Å². The molecule has 0 radical (unpaired) electrons. The molecule has 11 heavy (non-hydrogen) atoms. The van der Waals surface area contributed by atoms with Crippen molar-refractivity contribution in [3.63, 3.8) is 0 Å². The second-order valence-corrected chi connectivity index (χ2v) is 2.55. The lowest BCUT2D eigenvalue weighted by molar-refractivity contribution is 0.795. The van der Waals surface area contributed by atoms with Gasteiger partial charge in [0.2, 0.25) is 0 Å². The van der Waals surface area contributed by atoms with Gasteiger partial charge >= 0.3 is 0 Å². The highest BCUT2D eigenvalue weighted by Crippen LogP contribution is 2.04. The summed E-state index contributed by atoms with van der Waals surface area (Å²) in [5.74, 6) is 0.492. The van der Waals surface area contributed by atoms with Crippen LogP contribution in [0.15, 0.2) is 29.5 Å². The molecule has 0 unspecified atom stereocenters. The van der Waals surface area contributed by atoms with E-state index in [4.69, 9.17) is 0 Å². The van der Waals surface area contributed by atoms with Crippen molar-refractivity contribution < 1.29 is 0 Å². The molecule has 1 N–H and O–H groups in total. The molecule has 0 heterocycles. The smallest absolute Gasteiger partial charge is 0.0316 e. The van der Waals surface area contributed by atoms with Crippen LogP contribution in [0.4, 0.5) is 0 Å². The molecule has 0 saturated carbocycles. The van der Waals surface area contributed by atoms with Gasteiger partial charge in [-0.3, -0.25) is 4.99 Å². The summed E-state index contributed by atoms with van der Waals surface area (Å²) in [6.07, 6.45) is 5.29. The third-order valence-electron chi connectivity index (χ3n) is 1.31. The fraction of sp³-hybridized carbons (Fsp3) is 0.444. The standard InChI is InChI=1S/C9H16N2/c1-5-11-7-9(6-10-4)8(2)3/h5-8,10H,1H2,2-4H3/b9-6+,11-7-. The normalized spacial score (nSPS) is 12.5. The summed E-state index contributed by atoms with van der Waals surface area (Å²) in [7, 11) is 1.88. The second-order valence-electron chi connectivity index (χ2n) is 2.55. The highest BCUT2D eigenvalue weighted by Gasteiger charge is 1.97. The Morgan fingerprint density at radius 3 is 2.55 bits per heavy atom. The minimum absolute atomic E-state index is 0.492. The molecule has 0 aromatic carbocycles. The monoisotopic (exact) mass is 152 g/mol. The molecule has 0 bridgehead atoms. The molecule has 0 rings (SSSR count). The molecular formula is C9H16N2. The van der Waals surface area contributed by atoms with E-state index in [9.17, 15) is 0 Å². The average molecular weight is 152 g/mol. The first-order valence-electron chi connectivity index (χ1n) is 3.73. The van der Waals surface area contributed by atoms with Gasteiger partial charge in [0.15, 0.2) is 0 Å². The topological polar surface area (TPSA) is 24.4 Å². The highest BCUT2D eigenvalue weighted by atomic mass is 14.8. The summed E-state index contributed by atoms with van der Waals surface area (Å²) in [5.41, 5.74) is 1.17. The Morgan fingerprint density at radius 1 is 1.55 bits per heavy atom. The minimum Gasteiger partial charge on any atom is -0.394 e.